The zero-order valence-electron chi connectivity index (χ0n) is 8.84. The highest BCUT2D eigenvalue weighted by Gasteiger charge is 2.04. The molecule has 16 heavy (non-hydrogen) atoms. The molecule has 0 radical (unpaired) electrons. The molecule has 2 rings (SSSR count). The normalized spacial score (nSPS) is 10.1. The van der Waals surface area contributed by atoms with Crippen LogP contribution < -0.4 is 0 Å². The number of carboxylic acids is 1. The van der Waals surface area contributed by atoms with Crippen LogP contribution in [0.25, 0.3) is 11.1 Å². The molecule has 0 fully saturated rings. The van der Waals surface area contributed by atoms with Crippen LogP contribution in [-0.2, 0) is 0 Å². The second-order valence-corrected chi connectivity index (χ2v) is 3.57. The van der Waals surface area contributed by atoms with Gasteiger partial charge in [0, 0.05) is 12.4 Å². The van der Waals surface area contributed by atoms with Crippen molar-refractivity contribution in [3.05, 3.63) is 53.9 Å². The highest BCUT2D eigenvalue weighted by Crippen LogP contribution is 2.22. The molecule has 3 nitrogen and oxygen atoms in total. The van der Waals surface area contributed by atoms with Crippen molar-refractivity contribution < 1.29 is 9.90 Å². The number of carbonyl (C=O) groups is 1. The van der Waals surface area contributed by atoms with Crippen LogP contribution >= 0.6 is 0 Å². The fraction of sp³-hybridized carbons (Fsp3) is 0.0769. The van der Waals surface area contributed by atoms with Crippen molar-refractivity contribution in [1.29, 1.82) is 0 Å². The maximum atomic E-state index is 10.7. The summed E-state index contributed by atoms with van der Waals surface area (Å²) in [5.41, 5.74) is 3.46. The molecular formula is C13H11NO2. The van der Waals surface area contributed by atoms with E-state index in [-0.39, 0.29) is 0 Å². The van der Waals surface area contributed by atoms with Crippen LogP contribution in [-0.4, -0.2) is 16.1 Å². The highest BCUT2D eigenvalue weighted by atomic mass is 16.4. The molecule has 0 bridgehead atoms. The third-order valence-corrected chi connectivity index (χ3v) is 2.46. The Bertz CT molecular complexity index is 518. The number of pyridine rings is 1. The van der Waals surface area contributed by atoms with Crippen molar-refractivity contribution in [3.8, 4) is 11.1 Å². The first kappa shape index (κ1) is 10.4. The number of carboxylic acid groups (broad SMARTS) is 1. The molecule has 1 heterocycles. The van der Waals surface area contributed by atoms with Gasteiger partial charge >= 0.3 is 5.97 Å². The molecule has 0 amide bonds. The fourth-order valence-corrected chi connectivity index (χ4v) is 1.59. The number of benzene rings is 1. The molecular weight excluding hydrogens is 202 g/mol. The predicted octanol–water partition coefficient (Wildman–Crippen LogP) is 2.76. The monoisotopic (exact) mass is 213 g/mol. The number of hydrogen-bond donors (Lipinski definition) is 1. The van der Waals surface area contributed by atoms with Gasteiger partial charge in [0.2, 0.25) is 0 Å². The Balaban J connectivity index is 2.43. The quantitative estimate of drug-likeness (QED) is 0.834. The van der Waals surface area contributed by atoms with Crippen LogP contribution in [0.15, 0.2) is 42.7 Å². The minimum Gasteiger partial charge on any atom is -0.478 e. The van der Waals surface area contributed by atoms with Gasteiger partial charge in [-0.25, -0.2) is 4.79 Å². The smallest absolute Gasteiger partial charge is 0.335 e. The summed E-state index contributed by atoms with van der Waals surface area (Å²) in [5, 5.41) is 8.79. The zero-order chi connectivity index (χ0) is 11.5. The molecule has 0 aliphatic heterocycles. The molecule has 0 saturated heterocycles. The fourth-order valence-electron chi connectivity index (χ4n) is 1.59. The minimum absolute atomic E-state index is 0.301. The molecule has 3 heteroatoms. The molecule has 0 aliphatic rings. The molecule has 80 valence electrons. The minimum atomic E-state index is -0.905. The van der Waals surface area contributed by atoms with Crippen molar-refractivity contribution in [1.82, 2.24) is 4.98 Å². The van der Waals surface area contributed by atoms with Crippen LogP contribution in [0.5, 0.6) is 0 Å². The number of hydrogen-bond acceptors (Lipinski definition) is 2. The molecule has 1 N–H and O–H groups in total. The van der Waals surface area contributed by atoms with E-state index in [1.54, 1.807) is 24.5 Å². The summed E-state index contributed by atoms with van der Waals surface area (Å²) < 4.78 is 0. The number of aromatic carboxylic acids is 1. The van der Waals surface area contributed by atoms with Gasteiger partial charge in [-0.15, -0.1) is 0 Å². The van der Waals surface area contributed by atoms with Gasteiger partial charge in [-0.05, 0) is 41.8 Å². The Labute approximate surface area is 93.4 Å². The van der Waals surface area contributed by atoms with E-state index in [0.717, 1.165) is 16.7 Å². The third kappa shape index (κ3) is 1.93. The van der Waals surface area contributed by atoms with Crippen LogP contribution in [0, 0.1) is 6.92 Å². The van der Waals surface area contributed by atoms with E-state index in [1.807, 2.05) is 25.1 Å². The molecule has 0 saturated carbocycles. The lowest BCUT2D eigenvalue weighted by molar-refractivity contribution is 0.0697. The molecule has 2 aromatic rings. The van der Waals surface area contributed by atoms with E-state index in [9.17, 15) is 4.79 Å². The predicted molar refractivity (Wildman–Crippen MR) is 61.4 cm³/mol. The molecule has 1 aromatic carbocycles. The Morgan fingerprint density at radius 1 is 1.19 bits per heavy atom. The summed E-state index contributed by atoms with van der Waals surface area (Å²) in [6, 6.07) is 8.76. The summed E-state index contributed by atoms with van der Waals surface area (Å²) in [7, 11) is 0. The van der Waals surface area contributed by atoms with Crippen LogP contribution in [0.1, 0.15) is 15.9 Å². The van der Waals surface area contributed by atoms with Gasteiger partial charge in [0.15, 0.2) is 0 Å². The lowest BCUT2D eigenvalue weighted by Crippen LogP contribution is -1.95. The number of rotatable bonds is 2. The first-order chi connectivity index (χ1) is 7.68. The summed E-state index contributed by atoms with van der Waals surface area (Å²) in [5.74, 6) is -0.905. The molecule has 0 spiro atoms. The van der Waals surface area contributed by atoms with Gasteiger partial charge in [-0.3, -0.25) is 4.98 Å². The first-order valence-electron chi connectivity index (χ1n) is 4.93. The average molecular weight is 213 g/mol. The van der Waals surface area contributed by atoms with E-state index < -0.39 is 5.97 Å². The Kier molecular flexibility index (Phi) is 2.68. The standard InChI is InChI=1S/C13H11NO2/c1-9-8-14-7-6-12(9)10-2-4-11(5-3-10)13(15)16/h2-8H,1H3,(H,15,16). The lowest BCUT2D eigenvalue weighted by Gasteiger charge is -2.05. The maximum Gasteiger partial charge on any atom is 0.335 e. The number of aromatic nitrogens is 1. The van der Waals surface area contributed by atoms with Crippen molar-refractivity contribution >= 4 is 5.97 Å². The SMILES string of the molecule is Cc1cnccc1-c1ccc(C(=O)O)cc1. The van der Waals surface area contributed by atoms with Gasteiger partial charge in [0.05, 0.1) is 5.56 Å². The lowest BCUT2D eigenvalue weighted by atomic mass is 10.0. The van der Waals surface area contributed by atoms with Crippen LogP contribution in [0.2, 0.25) is 0 Å². The average Bonchev–Trinajstić information content (AvgIpc) is 2.30. The van der Waals surface area contributed by atoms with Gasteiger partial charge in [0.1, 0.15) is 0 Å². The van der Waals surface area contributed by atoms with Gasteiger partial charge in [-0.1, -0.05) is 12.1 Å². The third-order valence-electron chi connectivity index (χ3n) is 2.46. The Hall–Kier alpha value is -2.16. The second kappa shape index (κ2) is 4.14. The first-order valence-corrected chi connectivity index (χ1v) is 4.93. The van der Waals surface area contributed by atoms with Gasteiger partial charge in [0.25, 0.3) is 0 Å². The summed E-state index contributed by atoms with van der Waals surface area (Å²) >= 11 is 0. The van der Waals surface area contributed by atoms with Crippen LogP contribution in [0.3, 0.4) is 0 Å². The van der Waals surface area contributed by atoms with Crippen LogP contribution in [0.4, 0.5) is 0 Å². The molecule has 0 aliphatic carbocycles. The zero-order valence-corrected chi connectivity index (χ0v) is 8.84. The summed E-state index contributed by atoms with van der Waals surface area (Å²) in [6.45, 7) is 1.98. The van der Waals surface area contributed by atoms with E-state index in [1.165, 1.54) is 0 Å². The highest BCUT2D eigenvalue weighted by molar-refractivity contribution is 5.88. The Morgan fingerprint density at radius 3 is 2.44 bits per heavy atom. The van der Waals surface area contributed by atoms with Crippen molar-refractivity contribution in [2.45, 2.75) is 6.92 Å². The summed E-state index contributed by atoms with van der Waals surface area (Å²) in [6.07, 6.45) is 3.52. The molecule has 0 unspecified atom stereocenters. The number of aryl methyl sites for hydroxylation is 1. The van der Waals surface area contributed by atoms with E-state index in [2.05, 4.69) is 4.98 Å². The van der Waals surface area contributed by atoms with Crippen molar-refractivity contribution in [3.63, 3.8) is 0 Å². The maximum absolute atomic E-state index is 10.7. The topological polar surface area (TPSA) is 50.2 Å². The largest absolute Gasteiger partial charge is 0.478 e. The van der Waals surface area contributed by atoms with E-state index in [4.69, 9.17) is 5.11 Å². The van der Waals surface area contributed by atoms with Crippen molar-refractivity contribution in [2.24, 2.45) is 0 Å². The summed E-state index contributed by atoms with van der Waals surface area (Å²) in [4.78, 5) is 14.7. The Morgan fingerprint density at radius 2 is 1.88 bits per heavy atom. The molecule has 0 atom stereocenters. The second-order valence-electron chi connectivity index (χ2n) is 3.57. The van der Waals surface area contributed by atoms with Gasteiger partial charge < -0.3 is 5.11 Å². The van der Waals surface area contributed by atoms with Crippen molar-refractivity contribution in [2.75, 3.05) is 0 Å². The number of nitrogens with zero attached hydrogens (tertiary/aromatic N) is 1. The van der Waals surface area contributed by atoms with E-state index >= 15 is 0 Å². The van der Waals surface area contributed by atoms with E-state index in [0.29, 0.717) is 5.56 Å². The molecule has 1 aromatic heterocycles. The van der Waals surface area contributed by atoms with Gasteiger partial charge in [-0.2, -0.15) is 0 Å².